The van der Waals surface area contributed by atoms with Crippen LogP contribution in [-0.4, -0.2) is 0 Å². The molecule has 0 aromatic heterocycles. The molecule has 1 aliphatic rings. The van der Waals surface area contributed by atoms with Gasteiger partial charge < -0.3 is 0 Å². The van der Waals surface area contributed by atoms with Crippen molar-refractivity contribution in [2.75, 3.05) is 0 Å². The largest absolute Gasteiger partial charge is 0.0683 e. The van der Waals surface area contributed by atoms with Crippen LogP contribution in [0.2, 0.25) is 0 Å². The van der Waals surface area contributed by atoms with Gasteiger partial charge in [-0.1, -0.05) is 52.0 Å². The molecule has 14 heavy (non-hydrogen) atoms. The average Bonchev–Trinajstić information content (AvgIpc) is 2.27. The zero-order valence-corrected chi connectivity index (χ0v) is 9.88. The fourth-order valence-electron chi connectivity index (χ4n) is 2.15. The highest BCUT2D eigenvalue weighted by atomic mass is 14.3. The zero-order chi connectivity index (χ0) is 10.6. The lowest BCUT2D eigenvalue weighted by Gasteiger charge is -2.28. The molecule has 0 fully saturated rings. The van der Waals surface area contributed by atoms with E-state index in [0.29, 0.717) is 0 Å². The van der Waals surface area contributed by atoms with Gasteiger partial charge in [-0.3, -0.25) is 0 Å². The molecule has 1 aromatic rings. The third-order valence-corrected chi connectivity index (χ3v) is 3.27. The Morgan fingerprint density at radius 3 is 2.43 bits per heavy atom. The molecule has 0 heteroatoms. The van der Waals surface area contributed by atoms with Gasteiger partial charge in [0, 0.05) is 0 Å². The Hall–Kier alpha value is -0.780. The standard InChI is InChI=1S/C12H16.C2H6/c1-9-7-8-11-5-3-4-6-12(11)10(9)2;1-2/h3-6,9-10H,7-8H2,1-2H3;1-2H3. The van der Waals surface area contributed by atoms with Crippen molar-refractivity contribution >= 4 is 0 Å². The lowest BCUT2D eigenvalue weighted by molar-refractivity contribution is 0.426. The van der Waals surface area contributed by atoms with E-state index < -0.39 is 0 Å². The maximum atomic E-state index is 2.36. The molecule has 2 unspecified atom stereocenters. The normalized spacial score (nSPS) is 24.6. The summed E-state index contributed by atoms with van der Waals surface area (Å²) >= 11 is 0. The summed E-state index contributed by atoms with van der Waals surface area (Å²) in [4.78, 5) is 0. The monoisotopic (exact) mass is 190 g/mol. The van der Waals surface area contributed by atoms with Crippen molar-refractivity contribution in [1.29, 1.82) is 0 Å². The summed E-state index contributed by atoms with van der Waals surface area (Å²) in [7, 11) is 0. The average molecular weight is 190 g/mol. The molecular formula is C14H22. The number of rotatable bonds is 0. The Morgan fingerprint density at radius 2 is 1.71 bits per heavy atom. The van der Waals surface area contributed by atoms with Gasteiger partial charge in [-0.25, -0.2) is 0 Å². The third kappa shape index (κ3) is 2.17. The van der Waals surface area contributed by atoms with E-state index in [-0.39, 0.29) is 0 Å². The summed E-state index contributed by atoms with van der Waals surface area (Å²) in [5.74, 6) is 1.62. The van der Waals surface area contributed by atoms with Crippen LogP contribution in [0.3, 0.4) is 0 Å². The summed E-state index contributed by atoms with van der Waals surface area (Å²) in [6.45, 7) is 8.71. The predicted octanol–water partition coefficient (Wildman–Crippen LogP) is 4.40. The summed E-state index contributed by atoms with van der Waals surface area (Å²) in [6, 6.07) is 8.88. The number of hydrogen-bond donors (Lipinski definition) is 0. The summed E-state index contributed by atoms with van der Waals surface area (Å²) in [5, 5.41) is 0. The van der Waals surface area contributed by atoms with Crippen molar-refractivity contribution in [3.63, 3.8) is 0 Å². The molecule has 1 aromatic carbocycles. The van der Waals surface area contributed by atoms with Gasteiger partial charge in [0.1, 0.15) is 0 Å². The van der Waals surface area contributed by atoms with E-state index in [1.165, 1.54) is 12.8 Å². The van der Waals surface area contributed by atoms with Gasteiger partial charge in [-0.05, 0) is 35.8 Å². The molecule has 1 aliphatic carbocycles. The van der Waals surface area contributed by atoms with E-state index in [2.05, 4.69) is 38.1 Å². The molecular weight excluding hydrogens is 168 g/mol. The van der Waals surface area contributed by atoms with Crippen LogP contribution in [0.15, 0.2) is 24.3 Å². The van der Waals surface area contributed by atoms with Crippen LogP contribution >= 0.6 is 0 Å². The maximum absolute atomic E-state index is 2.36. The predicted molar refractivity (Wildman–Crippen MR) is 63.7 cm³/mol. The number of aryl methyl sites for hydroxylation is 1. The molecule has 78 valence electrons. The second-order valence-electron chi connectivity index (χ2n) is 4.00. The molecule has 0 radical (unpaired) electrons. The number of hydrogen-bond acceptors (Lipinski definition) is 0. The van der Waals surface area contributed by atoms with Gasteiger partial charge in [-0.15, -0.1) is 0 Å². The number of benzene rings is 1. The molecule has 0 nitrogen and oxygen atoms in total. The van der Waals surface area contributed by atoms with Crippen LogP contribution in [0, 0.1) is 5.92 Å². The van der Waals surface area contributed by atoms with Crippen LogP contribution in [0.5, 0.6) is 0 Å². The highest BCUT2D eigenvalue weighted by molar-refractivity contribution is 5.32. The van der Waals surface area contributed by atoms with Crippen molar-refractivity contribution in [1.82, 2.24) is 0 Å². The Labute approximate surface area is 88.4 Å². The summed E-state index contributed by atoms with van der Waals surface area (Å²) < 4.78 is 0. The van der Waals surface area contributed by atoms with E-state index in [1.807, 2.05) is 13.8 Å². The lowest BCUT2D eigenvalue weighted by atomic mass is 9.77. The maximum Gasteiger partial charge on any atom is -0.0162 e. The van der Waals surface area contributed by atoms with Gasteiger partial charge >= 0.3 is 0 Å². The smallest absolute Gasteiger partial charge is 0.0162 e. The summed E-state index contributed by atoms with van der Waals surface area (Å²) in [5.41, 5.74) is 3.15. The van der Waals surface area contributed by atoms with Gasteiger partial charge in [0.05, 0.1) is 0 Å². The first-order valence-corrected chi connectivity index (χ1v) is 5.87. The van der Waals surface area contributed by atoms with Crippen molar-refractivity contribution in [3.8, 4) is 0 Å². The van der Waals surface area contributed by atoms with Crippen LogP contribution in [0.25, 0.3) is 0 Å². The topological polar surface area (TPSA) is 0 Å². The Kier molecular flexibility index (Phi) is 4.19. The summed E-state index contributed by atoms with van der Waals surface area (Å²) in [6.07, 6.45) is 2.64. The Balaban J connectivity index is 0.000000461. The van der Waals surface area contributed by atoms with Crippen molar-refractivity contribution in [2.45, 2.75) is 46.5 Å². The van der Waals surface area contributed by atoms with Gasteiger partial charge in [0.2, 0.25) is 0 Å². The molecule has 2 rings (SSSR count). The van der Waals surface area contributed by atoms with Gasteiger partial charge in [0.15, 0.2) is 0 Å². The Bertz CT molecular complexity index is 275. The minimum Gasteiger partial charge on any atom is -0.0683 e. The van der Waals surface area contributed by atoms with Crippen LogP contribution in [0.1, 0.15) is 51.2 Å². The molecule has 0 bridgehead atoms. The first-order valence-electron chi connectivity index (χ1n) is 5.87. The molecule has 0 saturated heterocycles. The molecule has 0 amide bonds. The molecule has 0 saturated carbocycles. The van der Waals surface area contributed by atoms with Crippen LogP contribution in [0.4, 0.5) is 0 Å². The van der Waals surface area contributed by atoms with E-state index in [1.54, 1.807) is 11.1 Å². The van der Waals surface area contributed by atoms with Gasteiger partial charge in [0.25, 0.3) is 0 Å². The Morgan fingerprint density at radius 1 is 1.07 bits per heavy atom. The molecule has 0 spiro atoms. The highest BCUT2D eigenvalue weighted by Gasteiger charge is 2.21. The van der Waals surface area contributed by atoms with Crippen molar-refractivity contribution in [2.24, 2.45) is 5.92 Å². The number of fused-ring (bicyclic) bond motifs is 1. The molecule has 2 atom stereocenters. The quantitative estimate of drug-likeness (QED) is 0.569. The molecule has 0 heterocycles. The molecule has 0 N–H and O–H groups in total. The van der Waals surface area contributed by atoms with E-state index in [0.717, 1.165) is 11.8 Å². The van der Waals surface area contributed by atoms with E-state index in [9.17, 15) is 0 Å². The van der Waals surface area contributed by atoms with E-state index >= 15 is 0 Å². The molecule has 0 aliphatic heterocycles. The first kappa shape index (κ1) is 11.3. The second-order valence-corrected chi connectivity index (χ2v) is 4.00. The van der Waals surface area contributed by atoms with Crippen LogP contribution < -0.4 is 0 Å². The lowest BCUT2D eigenvalue weighted by Crippen LogP contribution is -2.15. The van der Waals surface area contributed by atoms with Crippen LogP contribution in [-0.2, 0) is 6.42 Å². The minimum atomic E-state index is 0.759. The first-order chi connectivity index (χ1) is 6.79. The minimum absolute atomic E-state index is 0.759. The second kappa shape index (κ2) is 5.19. The third-order valence-electron chi connectivity index (χ3n) is 3.27. The van der Waals surface area contributed by atoms with E-state index in [4.69, 9.17) is 0 Å². The fraction of sp³-hybridized carbons (Fsp3) is 0.571. The highest BCUT2D eigenvalue weighted by Crippen LogP contribution is 2.34. The fourth-order valence-corrected chi connectivity index (χ4v) is 2.15. The van der Waals surface area contributed by atoms with Crippen molar-refractivity contribution in [3.05, 3.63) is 35.4 Å². The van der Waals surface area contributed by atoms with Crippen molar-refractivity contribution < 1.29 is 0 Å². The van der Waals surface area contributed by atoms with Gasteiger partial charge in [-0.2, -0.15) is 0 Å². The zero-order valence-electron chi connectivity index (χ0n) is 9.88. The SMILES string of the molecule is CC.CC1CCc2ccccc2C1C.